The number of fused-ring (bicyclic) bond motifs is 4. The molecule has 1 saturated carbocycles. The third-order valence-electron chi connectivity index (χ3n) is 13.4. The third-order valence-corrected chi connectivity index (χ3v) is 15.5. The van der Waals surface area contributed by atoms with Crippen LogP contribution in [-0.2, 0) is 27.8 Å². The number of amides is 2. The van der Waals surface area contributed by atoms with E-state index in [1.807, 2.05) is 30.0 Å². The number of piperazine rings is 2. The van der Waals surface area contributed by atoms with Gasteiger partial charge in [-0.1, -0.05) is 37.6 Å². The fraction of sp³-hybridized carbons (Fsp3) is 0.619. The van der Waals surface area contributed by atoms with Crippen molar-refractivity contribution in [1.82, 2.24) is 19.4 Å². The Morgan fingerprint density at radius 3 is 2.60 bits per heavy atom. The number of carbonyl (C=O) groups is 2. The number of hydrogen-bond acceptors (Lipinski definition) is 9. The molecule has 2 aromatic rings. The minimum Gasteiger partial charge on any atom is -0.487 e. The smallest absolute Gasteiger partial charge is 0.264 e. The van der Waals surface area contributed by atoms with Gasteiger partial charge in [0.05, 0.1) is 16.5 Å². The molecular formula is C42H58ClN5O6S. The second kappa shape index (κ2) is 16.7. The van der Waals surface area contributed by atoms with Crippen LogP contribution in [0.4, 0.5) is 5.69 Å². The Bertz CT molecular complexity index is 1860. The number of benzene rings is 2. The summed E-state index contributed by atoms with van der Waals surface area (Å²) in [6.45, 7) is 14.3. The summed E-state index contributed by atoms with van der Waals surface area (Å²) in [7, 11) is -3.98. The summed E-state index contributed by atoms with van der Waals surface area (Å²) in [5.74, 6) is 0.000423. The van der Waals surface area contributed by atoms with Crippen molar-refractivity contribution in [1.29, 1.82) is 0 Å². The average molecular weight is 796 g/mol. The molecule has 11 nitrogen and oxygen atoms in total. The lowest BCUT2D eigenvalue weighted by Gasteiger charge is -2.53. The monoisotopic (exact) mass is 795 g/mol. The van der Waals surface area contributed by atoms with E-state index < -0.39 is 26.8 Å². The maximum Gasteiger partial charge on any atom is 0.264 e. The second-order valence-corrected chi connectivity index (χ2v) is 19.3. The lowest BCUT2D eigenvalue weighted by atomic mass is 9.62. The lowest BCUT2D eigenvalue weighted by Crippen LogP contribution is -2.65. The van der Waals surface area contributed by atoms with Gasteiger partial charge in [-0.2, -0.15) is 0 Å². The van der Waals surface area contributed by atoms with Crippen LogP contribution in [0, 0.1) is 17.8 Å². The van der Waals surface area contributed by atoms with Gasteiger partial charge in [0.2, 0.25) is 15.9 Å². The molecule has 1 aliphatic carbocycles. The fourth-order valence-electron chi connectivity index (χ4n) is 9.67. The molecule has 3 fully saturated rings. The van der Waals surface area contributed by atoms with Crippen molar-refractivity contribution in [2.45, 2.75) is 88.7 Å². The van der Waals surface area contributed by atoms with Crippen LogP contribution in [0.15, 0.2) is 49.1 Å². The van der Waals surface area contributed by atoms with Crippen LogP contribution in [0.5, 0.6) is 5.75 Å². The van der Waals surface area contributed by atoms with E-state index >= 15 is 0 Å². The van der Waals surface area contributed by atoms with Gasteiger partial charge in [0.25, 0.3) is 5.91 Å². The molecule has 2 bridgehead atoms. The normalized spacial score (nSPS) is 30.9. The molecule has 0 radical (unpaired) electrons. The second-order valence-electron chi connectivity index (χ2n) is 16.8. The zero-order valence-corrected chi connectivity index (χ0v) is 34.0. The summed E-state index contributed by atoms with van der Waals surface area (Å²) < 4.78 is 36.1. The number of sulfonamides is 1. The van der Waals surface area contributed by atoms with Crippen LogP contribution < -0.4 is 14.4 Å². The molecule has 7 rings (SSSR count). The summed E-state index contributed by atoms with van der Waals surface area (Å²) in [5.41, 5.74) is 2.28. The number of β-amino-alcohol motifs (C(OH)–C–C–N with tert-alkyl or cyclic N) is 1. The van der Waals surface area contributed by atoms with E-state index in [0.717, 1.165) is 81.6 Å². The van der Waals surface area contributed by atoms with E-state index in [9.17, 15) is 23.1 Å². The van der Waals surface area contributed by atoms with Crippen LogP contribution in [-0.4, -0.2) is 116 Å². The minimum absolute atomic E-state index is 0.0330. The number of nitrogens with zero attached hydrogens (tertiary/aromatic N) is 4. The molecule has 300 valence electrons. The van der Waals surface area contributed by atoms with Gasteiger partial charge in [-0.3, -0.25) is 19.4 Å². The first kappa shape index (κ1) is 40.1. The summed E-state index contributed by atoms with van der Waals surface area (Å²) >= 11 is 6.40. The van der Waals surface area contributed by atoms with Crippen LogP contribution >= 0.6 is 11.6 Å². The summed E-state index contributed by atoms with van der Waals surface area (Å²) in [6, 6.07) is 11.3. The summed E-state index contributed by atoms with van der Waals surface area (Å²) in [6.07, 6.45) is 7.85. The topological polar surface area (TPSA) is 123 Å². The fourth-order valence-corrected chi connectivity index (χ4v) is 11.2. The van der Waals surface area contributed by atoms with Gasteiger partial charge in [0.15, 0.2) is 0 Å². The minimum atomic E-state index is -3.98. The predicted molar refractivity (Wildman–Crippen MR) is 216 cm³/mol. The summed E-state index contributed by atoms with van der Waals surface area (Å²) in [4.78, 5) is 35.2. The van der Waals surface area contributed by atoms with E-state index in [0.29, 0.717) is 62.8 Å². The first-order chi connectivity index (χ1) is 26.3. The van der Waals surface area contributed by atoms with Gasteiger partial charge in [-0.15, -0.1) is 0 Å². The molecule has 1 unspecified atom stereocenters. The summed E-state index contributed by atoms with van der Waals surface area (Å²) in [5, 5.41) is 12.8. The largest absolute Gasteiger partial charge is 0.487 e. The van der Waals surface area contributed by atoms with Gasteiger partial charge in [0, 0.05) is 75.5 Å². The van der Waals surface area contributed by atoms with Crippen molar-refractivity contribution in [3.63, 3.8) is 0 Å². The number of rotatable bonds is 3. The van der Waals surface area contributed by atoms with Crippen LogP contribution in [0.25, 0.3) is 0 Å². The van der Waals surface area contributed by atoms with Gasteiger partial charge in [-0.05, 0) is 117 Å². The van der Waals surface area contributed by atoms with Crippen LogP contribution in [0.2, 0.25) is 5.02 Å². The molecule has 0 aromatic heterocycles. The number of carbonyl (C=O) groups excluding carboxylic acids is 2. The zero-order chi connectivity index (χ0) is 38.9. The van der Waals surface area contributed by atoms with Gasteiger partial charge < -0.3 is 19.6 Å². The van der Waals surface area contributed by atoms with Crippen molar-refractivity contribution in [2.75, 3.05) is 63.8 Å². The standard InChI is InChI=1S/C42H58ClN5O6S/c1-4-40(49)48-21-20-46-19-18-45(25-36(46)26-48)28-42(51)16-7-8-29(2)30(3)55(52,53)44-41(50)32-12-15-39-38(23-32)47(24-33-11-14-37(33)42)17-6-5-9-31-22-35(43)13-10-34(31)27-54-39/h4,10,12-13,15,22-23,29-30,33,36-37,51H,1,5-9,11,14,16-21,24-28H2,2-3H3,(H,44,50)/t29-,30+,33-,36?,37+,42-/m0/s1. The average Bonchev–Trinajstić information content (AvgIpc) is 3.18. The molecule has 4 heterocycles. The maximum absolute atomic E-state index is 13.6. The highest BCUT2D eigenvalue weighted by atomic mass is 35.5. The SMILES string of the molecule is C=CC(=O)N1CCN2CCN(C[C@@]3(O)CCC[C@H](C)[C@@H](C)S(=O)(=O)NC(=O)c4ccc5c(c4)N(CCCCc4cc(Cl)ccc4CO5)C[C@@H]4CC[C@H]43)CC2C1. The molecule has 5 aliphatic rings. The zero-order valence-electron chi connectivity index (χ0n) is 32.4. The molecule has 2 saturated heterocycles. The number of aliphatic hydroxyl groups is 1. The van der Waals surface area contributed by atoms with E-state index in [1.165, 1.54) is 6.08 Å². The third kappa shape index (κ3) is 8.88. The van der Waals surface area contributed by atoms with E-state index in [-0.39, 0.29) is 35.3 Å². The van der Waals surface area contributed by atoms with Crippen LogP contribution in [0.1, 0.15) is 80.3 Å². The van der Waals surface area contributed by atoms with Crippen molar-refractivity contribution in [3.8, 4) is 5.75 Å². The van der Waals surface area contributed by atoms with Crippen molar-refractivity contribution >= 4 is 39.1 Å². The maximum atomic E-state index is 13.6. The first-order valence-electron chi connectivity index (χ1n) is 20.3. The van der Waals surface area contributed by atoms with Crippen molar-refractivity contribution < 1.29 is 27.9 Å². The first-order valence-corrected chi connectivity index (χ1v) is 22.2. The molecule has 4 aliphatic heterocycles. The molecule has 6 atom stereocenters. The molecule has 2 aromatic carbocycles. The highest BCUT2D eigenvalue weighted by Gasteiger charge is 2.48. The molecule has 2 N–H and O–H groups in total. The number of hydrogen-bond donors (Lipinski definition) is 2. The van der Waals surface area contributed by atoms with E-state index in [2.05, 4.69) is 26.0 Å². The lowest BCUT2D eigenvalue weighted by molar-refractivity contribution is -0.132. The Balaban J connectivity index is 1.20. The van der Waals surface area contributed by atoms with Crippen molar-refractivity contribution in [3.05, 3.63) is 70.8 Å². The quantitative estimate of drug-likeness (QED) is 0.409. The Hall–Kier alpha value is -3.16. The number of anilines is 1. The van der Waals surface area contributed by atoms with Crippen molar-refractivity contribution in [2.24, 2.45) is 17.8 Å². The van der Waals surface area contributed by atoms with Gasteiger partial charge >= 0.3 is 0 Å². The Morgan fingerprint density at radius 1 is 1.00 bits per heavy atom. The highest BCUT2D eigenvalue weighted by molar-refractivity contribution is 7.90. The van der Waals surface area contributed by atoms with E-state index in [1.54, 1.807) is 25.1 Å². The number of nitrogens with one attached hydrogen (secondary N) is 1. The molecular weight excluding hydrogens is 738 g/mol. The predicted octanol–water partition coefficient (Wildman–Crippen LogP) is 5.10. The Morgan fingerprint density at radius 2 is 1.82 bits per heavy atom. The Labute approximate surface area is 332 Å². The molecule has 55 heavy (non-hydrogen) atoms. The number of halogens is 1. The number of ether oxygens (including phenoxy) is 1. The van der Waals surface area contributed by atoms with Gasteiger partial charge in [0.1, 0.15) is 12.4 Å². The molecule has 0 spiro atoms. The molecule has 2 amide bonds. The molecule has 13 heteroatoms. The van der Waals surface area contributed by atoms with E-state index in [4.69, 9.17) is 16.3 Å². The van der Waals surface area contributed by atoms with Gasteiger partial charge in [-0.25, -0.2) is 13.1 Å². The highest BCUT2D eigenvalue weighted by Crippen LogP contribution is 2.47. The van der Waals surface area contributed by atoms with Crippen LogP contribution in [0.3, 0.4) is 0 Å². The number of aryl methyl sites for hydroxylation is 1. The Kier molecular flexibility index (Phi) is 12.2.